The summed E-state index contributed by atoms with van der Waals surface area (Å²) in [6, 6.07) is 0. The second kappa shape index (κ2) is 2.71. The summed E-state index contributed by atoms with van der Waals surface area (Å²) < 4.78 is 0. The van der Waals surface area contributed by atoms with Crippen molar-refractivity contribution in [3.05, 3.63) is 0 Å². The summed E-state index contributed by atoms with van der Waals surface area (Å²) in [6.07, 6.45) is -3.23. The van der Waals surface area contributed by atoms with E-state index in [-0.39, 0.29) is 6.61 Å². The largest absolute Gasteiger partial charge is 0.396 e. The molecular formula is C7H12N2O4. The molecule has 4 N–H and O–H groups in total. The number of aliphatic hydroxyl groups excluding tert-OH is 4. The lowest BCUT2D eigenvalue weighted by Gasteiger charge is -2.37. The quantitative estimate of drug-likeness (QED) is 0.391. The van der Waals surface area contributed by atoms with Crippen LogP contribution in [0.15, 0.2) is 10.2 Å². The van der Waals surface area contributed by atoms with Crippen LogP contribution in [0.1, 0.15) is 6.42 Å². The van der Waals surface area contributed by atoms with Crippen LogP contribution in [0.25, 0.3) is 0 Å². The smallest absolute Gasteiger partial charge is 0.219 e. The summed E-state index contributed by atoms with van der Waals surface area (Å²) in [7, 11) is 0. The number of aliphatic hydroxyl groups is 4. The Kier molecular flexibility index (Phi) is 1.88. The SMILES string of the molecule is OCC1CC2(N=N2)C(O)C(O)C1O. The molecule has 1 aliphatic heterocycles. The highest BCUT2D eigenvalue weighted by atomic mass is 16.4. The van der Waals surface area contributed by atoms with Gasteiger partial charge in [-0.05, 0) is 0 Å². The second-order valence-corrected chi connectivity index (χ2v) is 3.65. The normalized spacial score (nSPS) is 46.8. The van der Waals surface area contributed by atoms with Crippen molar-refractivity contribution in [2.75, 3.05) is 6.61 Å². The first-order chi connectivity index (χ1) is 6.10. The topological polar surface area (TPSA) is 106 Å². The van der Waals surface area contributed by atoms with E-state index in [0.29, 0.717) is 6.42 Å². The molecule has 0 radical (unpaired) electrons. The maximum absolute atomic E-state index is 9.47. The molecular weight excluding hydrogens is 176 g/mol. The van der Waals surface area contributed by atoms with Gasteiger partial charge >= 0.3 is 0 Å². The zero-order valence-corrected chi connectivity index (χ0v) is 6.91. The average Bonchev–Trinajstić information content (AvgIpc) is 2.90. The Labute approximate surface area is 74.5 Å². The molecule has 0 aromatic rings. The molecule has 4 atom stereocenters. The molecule has 1 heterocycles. The summed E-state index contributed by atoms with van der Waals surface area (Å²) in [5, 5.41) is 44.5. The van der Waals surface area contributed by atoms with Crippen LogP contribution in [0.5, 0.6) is 0 Å². The van der Waals surface area contributed by atoms with Gasteiger partial charge < -0.3 is 20.4 Å². The molecule has 0 amide bonds. The number of hydrogen-bond acceptors (Lipinski definition) is 6. The highest BCUT2D eigenvalue weighted by molar-refractivity contribution is 5.10. The van der Waals surface area contributed by atoms with E-state index >= 15 is 0 Å². The van der Waals surface area contributed by atoms with Crippen molar-refractivity contribution < 1.29 is 20.4 Å². The molecule has 13 heavy (non-hydrogen) atoms. The first-order valence-electron chi connectivity index (χ1n) is 4.20. The molecule has 0 bridgehead atoms. The van der Waals surface area contributed by atoms with Crippen molar-refractivity contribution in [2.45, 2.75) is 30.4 Å². The summed E-state index contributed by atoms with van der Waals surface area (Å²) in [4.78, 5) is 0. The average molecular weight is 188 g/mol. The molecule has 6 heteroatoms. The summed E-state index contributed by atoms with van der Waals surface area (Å²) >= 11 is 0. The Hall–Kier alpha value is -0.560. The fourth-order valence-corrected chi connectivity index (χ4v) is 1.80. The monoisotopic (exact) mass is 188 g/mol. The van der Waals surface area contributed by atoms with Crippen LogP contribution in [-0.4, -0.2) is 51.0 Å². The molecule has 0 aromatic carbocycles. The third kappa shape index (κ3) is 1.18. The van der Waals surface area contributed by atoms with E-state index in [4.69, 9.17) is 5.11 Å². The van der Waals surface area contributed by atoms with Gasteiger partial charge in [0.15, 0.2) is 0 Å². The van der Waals surface area contributed by atoms with Gasteiger partial charge in [0.2, 0.25) is 5.66 Å². The van der Waals surface area contributed by atoms with Crippen LogP contribution in [0.2, 0.25) is 0 Å². The van der Waals surface area contributed by atoms with Crippen LogP contribution in [0.4, 0.5) is 0 Å². The summed E-state index contributed by atoms with van der Waals surface area (Å²) in [5.41, 5.74) is -0.952. The molecule has 1 saturated carbocycles. The van der Waals surface area contributed by atoms with E-state index in [1.54, 1.807) is 0 Å². The number of nitrogens with zero attached hydrogens (tertiary/aromatic N) is 2. The Bertz CT molecular complexity index is 237. The third-order valence-corrected chi connectivity index (χ3v) is 2.78. The van der Waals surface area contributed by atoms with Crippen molar-refractivity contribution >= 4 is 0 Å². The van der Waals surface area contributed by atoms with E-state index in [9.17, 15) is 15.3 Å². The van der Waals surface area contributed by atoms with Crippen molar-refractivity contribution in [2.24, 2.45) is 16.1 Å². The van der Waals surface area contributed by atoms with Gasteiger partial charge in [-0.15, -0.1) is 0 Å². The van der Waals surface area contributed by atoms with Gasteiger partial charge in [0.05, 0.1) is 6.10 Å². The molecule has 2 aliphatic rings. The van der Waals surface area contributed by atoms with Crippen molar-refractivity contribution in [3.8, 4) is 0 Å². The first-order valence-corrected chi connectivity index (χ1v) is 4.20. The molecule has 74 valence electrons. The fourth-order valence-electron chi connectivity index (χ4n) is 1.80. The van der Waals surface area contributed by atoms with Crippen LogP contribution in [0.3, 0.4) is 0 Å². The van der Waals surface area contributed by atoms with Gasteiger partial charge in [-0.25, -0.2) is 0 Å². The molecule has 0 saturated heterocycles. The molecule has 6 nitrogen and oxygen atoms in total. The van der Waals surface area contributed by atoms with E-state index in [0.717, 1.165) is 0 Å². The molecule has 4 unspecified atom stereocenters. The van der Waals surface area contributed by atoms with Gasteiger partial charge in [0.1, 0.15) is 12.2 Å². The molecule has 1 spiro atoms. The molecule has 1 fully saturated rings. The lowest BCUT2D eigenvalue weighted by Crippen LogP contribution is -2.56. The van der Waals surface area contributed by atoms with Crippen molar-refractivity contribution in [1.29, 1.82) is 0 Å². The fraction of sp³-hybridized carbons (Fsp3) is 1.00. The Balaban J connectivity index is 2.13. The van der Waals surface area contributed by atoms with E-state index in [1.165, 1.54) is 0 Å². The van der Waals surface area contributed by atoms with Crippen molar-refractivity contribution in [1.82, 2.24) is 0 Å². The lowest BCUT2D eigenvalue weighted by molar-refractivity contribution is -0.134. The minimum absolute atomic E-state index is 0.238. The summed E-state index contributed by atoms with van der Waals surface area (Å²) in [6.45, 7) is -0.238. The second-order valence-electron chi connectivity index (χ2n) is 3.65. The molecule has 0 aromatic heterocycles. The Morgan fingerprint density at radius 2 is 1.77 bits per heavy atom. The first kappa shape index (κ1) is 9.01. The van der Waals surface area contributed by atoms with E-state index < -0.39 is 29.9 Å². The summed E-state index contributed by atoms with van der Waals surface area (Å²) in [5.74, 6) is -0.464. The Morgan fingerprint density at radius 3 is 2.23 bits per heavy atom. The predicted molar refractivity (Wildman–Crippen MR) is 40.8 cm³/mol. The van der Waals surface area contributed by atoms with Crippen LogP contribution in [-0.2, 0) is 0 Å². The van der Waals surface area contributed by atoms with E-state index in [2.05, 4.69) is 10.2 Å². The standard InChI is InChI=1S/C7H12N2O4/c10-2-3-1-7(8-9-7)6(13)5(12)4(3)11/h3-6,10-13H,1-2H2. The van der Waals surface area contributed by atoms with E-state index in [1.807, 2.05) is 0 Å². The minimum Gasteiger partial charge on any atom is -0.396 e. The van der Waals surface area contributed by atoms with Gasteiger partial charge in [-0.2, -0.15) is 10.2 Å². The highest BCUT2D eigenvalue weighted by Gasteiger charge is 2.58. The van der Waals surface area contributed by atoms with Gasteiger partial charge in [-0.3, -0.25) is 0 Å². The maximum Gasteiger partial charge on any atom is 0.219 e. The van der Waals surface area contributed by atoms with Crippen molar-refractivity contribution in [3.63, 3.8) is 0 Å². The Morgan fingerprint density at radius 1 is 1.15 bits per heavy atom. The number of rotatable bonds is 1. The number of hydrogen-bond donors (Lipinski definition) is 4. The molecule has 1 aliphatic carbocycles. The predicted octanol–water partition coefficient (Wildman–Crippen LogP) is -1.76. The van der Waals surface area contributed by atoms with Gasteiger partial charge in [0.25, 0.3) is 0 Å². The van der Waals surface area contributed by atoms with Crippen LogP contribution >= 0.6 is 0 Å². The maximum atomic E-state index is 9.47. The van der Waals surface area contributed by atoms with Gasteiger partial charge in [-0.1, -0.05) is 0 Å². The third-order valence-electron chi connectivity index (χ3n) is 2.78. The highest BCUT2D eigenvalue weighted by Crippen LogP contribution is 2.44. The molecule has 2 rings (SSSR count). The lowest BCUT2D eigenvalue weighted by atomic mass is 9.78. The van der Waals surface area contributed by atoms with Crippen LogP contribution in [0, 0.1) is 5.92 Å². The zero-order valence-electron chi connectivity index (χ0n) is 6.91. The minimum atomic E-state index is -1.28. The zero-order chi connectivity index (χ0) is 9.64. The van der Waals surface area contributed by atoms with Gasteiger partial charge in [0, 0.05) is 18.9 Å². The van der Waals surface area contributed by atoms with Crippen LogP contribution < -0.4 is 0 Å².